The summed E-state index contributed by atoms with van der Waals surface area (Å²) < 4.78 is 41.8. The van der Waals surface area contributed by atoms with Gasteiger partial charge in [0, 0.05) is 17.7 Å². The average Bonchev–Trinajstić information content (AvgIpc) is 3.33. The number of aryl methyl sites for hydroxylation is 1. The van der Waals surface area contributed by atoms with E-state index in [1.807, 2.05) is 19.2 Å². The number of aldehydes is 1. The van der Waals surface area contributed by atoms with Gasteiger partial charge in [0.15, 0.2) is 8.32 Å². The molecule has 2 rings (SSSR count). The lowest BCUT2D eigenvalue weighted by atomic mass is 9.92. The lowest BCUT2D eigenvalue weighted by Gasteiger charge is -2.34. The Morgan fingerprint density at radius 3 is 2.49 bits per heavy atom. The van der Waals surface area contributed by atoms with Crippen LogP contribution in [0.25, 0.3) is 6.08 Å². The van der Waals surface area contributed by atoms with Gasteiger partial charge in [0.05, 0.1) is 35.8 Å². The highest BCUT2D eigenvalue weighted by Gasteiger charge is 2.57. The zero-order valence-corrected chi connectivity index (χ0v) is 25.0. The molecule has 0 radical (unpaired) electrons. The first kappa shape index (κ1) is 30.3. The van der Waals surface area contributed by atoms with Gasteiger partial charge in [-0.05, 0) is 62.9 Å². The molecule has 0 N–H and O–H groups in total. The second-order valence-electron chi connectivity index (χ2n) is 9.91. The number of ether oxygens (including phenoxy) is 1. The normalized spacial score (nSPS) is 22.7. The van der Waals surface area contributed by atoms with Crippen molar-refractivity contribution in [1.82, 2.24) is 4.98 Å². The van der Waals surface area contributed by atoms with Gasteiger partial charge in [0.2, 0.25) is 0 Å². The molecule has 0 unspecified atom stereocenters. The number of carbonyl (C=O) groups is 1. The van der Waals surface area contributed by atoms with Crippen LogP contribution in [0.5, 0.6) is 0 Å². The molecule has 200 valence electrons. The van der Waals surface area contributed by atoms with E-state index in [1.165, 1.54) is 0 Å². The van der Waals surface area contributed by atoms with E-state index in [4.69, 9.17) is 13.3 Å². The van der Waals surface area contributed by atoms with Crippen molar-refractivity contribution in [2.24, 2.45) is 5.92 Å². The minimum absolute atomic E-state index is 0.00929. The summed E-state index contributed by atoms with van der Waals surface area (Å²) in [5.41, 5.74) is 1.37. The van der Waals surface area contributed by atoms with Crippen molar-refractivity contribution >= 4 is 42.1 Å². The maximum absolute atomic E-state index is 11.7. The van der Waals surface area contributed by atoms with E-state index >= 15 is 0 Å². The summed E-state index contributed by atoms with van der Waals surface area (Å²) in [6.07, 6.45) is 6.58. The van der Waals surface area contributed by atoms with Crippen LogP contribution >= 0.6 is 11.3 Å². The second-order valence-corrected chi connectivity index (χ2v) is 17.3. The third-order valence-electron chi connectivity index (χ3n) is 7.19. The highest BCUT2D eigenvalue weighted by atomic mass is 32.2. The third kappa shape index (κ3) is 9.16. The summed E-state index contributed by atoms with van der Waals surface area (Å²) >= 11 is 1.62. The van der Waals surface area contributed by atoms with E-state index < -0.39 is 24.0 Å². The summed E-state index contributed by atoms with van der Waals surface area (Å²) in [6.45, 7) is 12.6. The SMILES string of the molecule is CC[Si](CC)(CC)O[C@@H](C[C@@H]1O[C@@]1(CCC[C@H](C)C=O)COS(C)(=O)=O)C(C)=Cc1csc(C)n1. The van der Waals surface area contributed by atoms with Gasteiger partial charge < -0.3 is 14.0 Å². The molecular weight excluding hydrogens is 502 g/mol. The molecular formula is C25H43NO6S2Si. The molecule has 1 saturated heterocycles. The highest BCUT2D eigenvalue weighted by molar-refractivity contribution is 7.85. The quantitative estimate of drug-likeness (QED) is 0.106. The van der Waals surface area contributed by atoms with E-state index in [1.54, 1.807) is 11.3 Å². The Balaban J connectivity index is 2.25. The van der Waals surface area contributed by atoms with Crippen molar-refractivity contribution in [3.63, 3.8) is 0 Å². The number of rotatable bonds is 17. The Labute approximate surface area is 216 Å². The van der Waals surface area contributed by atoms with E-state index in [-0.39, 0.29) is 24.7 Å². The third-order valence-corrected chi connectivity index (χ3v) is 13.2. The van der Waals surface area contributed by atoms with Crippen LogP contribution < -0.4 is 0 Å². The number of aromatic nitrogens is 1. The molecule has 7 nitrogen and oxygen atoms in total. The molecule has 0 saturated carbocycles. The number of nitrogens with zero attached hydrogens (tertiary/aromatic N) is 1. The van der Waals surface area contributed by atoms with E-state index in [0.717, 1.165) is 59.8 Å². The fourth-order valence-corrected chi connectivity index (χ4v) is 8.39. The molecule has 35 heavy (non-hydrogen) atoms. The number of carbonyl (C=O) groups excluding carboxylic acids is 1. The minimum atomic E-state index is -3.59. The van der Waals surface area contributed by atoms with Gasteiger partial charge in [-0.15, -0.1) is 11.3 Å². The first-order chi connectivity index (χ1) is 16.4. The Bertz CT molecular complexity index is 951. The molecule has 1 aromatic rings. The van der Waals surface area contributed by atoms with E-state index in [2.05, 4.69) is 38.8 Å². The second kappa shape index (κ2) is 13.1. The van der Waals surface area contributed by atoms with Gasteiger partial charge in [-0.3, -0.25) is 4.18 Å². The van der Waals surface area contributed by atoms with Crippen molar-refractivity contribution in [2.75, 3.05) is 12.9 Å². The van der Waals surface area contributed by atoms with Crippen LogP contribution in [-0.4, -0.2) is 58.7 Å². The van der Waals surface area contributed by atoms with Crippen LogP contribution in [-0.2, 0) is 28.3 Å². The van der Waals surface area contributed by atoms with Crippen LogP contribution in [0, 0.1) is 12.8 Å². The molecule has 0 aromatic carbocycles. The van der Waals surface area contributed by atoms with Crippen molar-refractivity contribution in [3.8, 4) is 0 Å². The lowest BCUT2D eigenvalue weighted by molar-refractivity contribution is -0.110. The maximum atomic E-state index is 11.7. The molecule has 0 amide bonds. The van der Waals surface area contributed by atoms with Crippen molar-refractivity contribution in [3.05, 3.63) is 21.7 Å². The Hall–Kier alpha value is -0.913. The largest absolute Gasteiger partial charge is 0.410 e. The standard InChI is InChI=1S/C25H43NO6S2Si/c1-8-35(9-2,10-3)32-23(20(5)14-22-17-33-21(6)26-22)15-24-25(31-24,18-30-34(7,28)29)13-11-12-19(4)16-27/h14,16-17,19,23-24H,8-13,15,18H2,1-7H3/t19-,23-,24-,25-/m0/s1. The van der Waals surface area contributed by atoms with Crippen LogP contribution in [0.2, 0.25) is 18.1 Å². The summed E-state index contributed by atoms with van der Waals surface area (Å²) in [6, 6.07) is 3.12. The predicted octanol–water partition coefficient (Wildman–Crippen LogP) is 5.75. The molecule has 0 spiro atoms. The Kier molecular flexibility index (Phi) is 11.3. The Morgan fingerprint density at radius 1 is 1.31 bits per heavy atom. The topological polar surface area (TPSA) is 95.1 Å². The first-order valence-corrected chi connectivity index (χ1v) is 17.9. The predicted molar refractivity (Wildman–Crippen MR) is 145 cm³/mol. The zero-order chi connectivity index (χ0) is 26.3. The minimum Gasteiger partial charge on any atom is -0.410 e. The van der Waals surface area contributed by atoms with Crippen LogP contribution in [0.1, 0.15) is 71.0 Å². The van der Waals surface area contributed by atoms with Crippen molar-refractivity contribution in [1.29, 1.82) is 0 Å². The molecule has 1 fully saturated rings. The molecule has 0 aliphatic carbocycles. The number of thiazole rings is 1. The molecule has 2 heterocycles. The maximum Gasteiger partial charge on any atom is 0.264 e. The van der Waals surface area contributed by atoms with Crippen LogP contribution in [0.4, 0.5) is 0 Å². The van der Waals surface area contributed by atoms with Gasteiger partial charge in [-0.25, -0.2) is 4.98 Å². The first-order valence-electron chi connectivity index (χ1n) is 12.7. The molecule has 1 aromatic heterocycles. The lowest BCUT2D eigenvalue weighted by Crippen LogP contribution is -2.41. The fourth-order valence-electron chi connectivity index (χ4n) is 4.53. The number of hydrogen-bond acceptors (Lipinski definition) is 8. The van der Waals surface area contributed by atoms with Gasteiger partial charge in [0.25, 0.3) is 10.1 Å². The van der Waals surface area contributed by atoms with Gasteiger partial charge in [-0.2, -0.15) is 8.42 Å². The summed E-state index contributed by atoms with van der Waals surface area (Å²) in [7, 11) is -5.50. The number of epoxide rings is 1. The van der Waals surface area contributed by atoms with Crippen LogP contribution in [0.3, 0.4) is 0 Å². The number of hydrogen-bond donors (Lipinski definition) is 0. The van der Waals surface area contributed by atoms with Crippen LogP contribution in [0.15, 0.2) is 11.0 Å². The van der Waals surface area contributed by atoms with E-state index in [0.29, 0.717) is 12.8 Å². The van der Waals surface area contributed by atoms with E-state index in [9.17, 15) is 13.2 Å². The Morgan fingerprint density at radius 2 is 1.97 bits per heavy atom. The summed E-state index contributed by atoms with van der Waals surface area (Å²) in [5, 5.41) is 3.07. The molecule has 0 bridgehead atoms. The highest BCUT2D eigenvalue weighted by Crippen LogP contribution is 2.46. The smallest absolute Gasteiger partial charge is 0.264 e. The van der Waals surface area contributed by atoms with Gasteiger partial charge in [0.1, 0.15) is 11.9 Å². The van der Waals surface area contributed by atoms with Gasteiger partial charge in [-0.1, -0.05) is 27.7 Å². The monoisotopic (exact) mass is 545 g/mol. The summed E-state index contributed by atoms with van der Waals surface area (Å²) in [5.74, 6) is -0.0341. The molecule has 1 aliphatic heterocycles. The van der Waals surface area contributed by atoms with Crippen molar-refractivity contribution in [2.45, 2.75) is 103 Å². The van der Waals surface area contributed by atoms with Gasteiger partial charge >= 0.3 is 0 Å². The molecule has 1 aliphatic rings. The summed E-state index contributed by atoms with van der Waals surface area (Å²) in [4.78, 5) is 15.6. The van der Waals surface area contributed by atoms with Crippen molar-refractivity contribution < 1.29 is 26.6 Å². The fraction of sp³-hybridized carbons (Fsp3) is 0.760. The zero-order valence-electron chi connectivity index (χ0n) is 22.3. The average molecular weight is 546 g/mol. The molecule has 4 atom stereocenters. The molecule has 10 heteroatoms.